The molecule has 2 aromatic carbocycles. The molecule has 1 aliphatic rings. The Balaban J connectivity index is 1.99. The van der Waals surface area contributed by atoms with Crippen molar-refractivity contribution < 1.29 is 19.7 Å². The Morgan fingerprint density at radius 2 is 1.90 bits per heavy atom. The molecule has 0 aromatic heterocycles. The minimum absolute atomic E-state index is 0.0271. The highest BCUT2D eigenvalue weighted by molar-refractivity contribution is 6.32. The van der Waals surface area contributed by atoms with Crippen molar-refractivity contribution in [1.29, 1.82) is 0 Å². The second kappa shape index (κ2) is 4.58. The molecule has 4 nitrogen and oxygen atoms in total. The molecule has 0 atom stereocenters. The van der Waals surface area contributed by atoms with E-state index in [-0.39, 0.29) is 28.1 Å². The molecular formula is C15H9ClO4. The first-order valence-electron chi connectivity index (χ1n) is 5.80. The van der Waals surface area contributed by atoms with Gasteiger partial charge in [-0.15, -0.1) is 0 Å². The summed E-state index contributed by atoms with van der Waals surface area (Å²) in [6.07, 6.45) is 1.53. The molecule has 0 radical (unpaired) electrons. The van der Waals surface area contributed by atoms with Crippen LogP contribution in [0.1, 0.15) is 15.9 Å². The summed E-state index contributed by atoms with van der Waals surface area (Å²) in [6, 6.07) is 8.91. The number of ketones is 1. The van der Waals surface area contributed by atoms with Gasteiger partial charge >= 0.3 is 0 Å². The number of phenolic OH excluding ortho intramolecular Hbond substituents is 2. The van der Waals surface area contributed by atoms with Crippen LogP contribution in [0.2, 0.25) is 5.02 Å². The van der Waals surface area contributed by atoms with Crippen LogP contribution in [0.5, 0.6) is 17.2 Å². The Hall–Kier alpha value is -2.46. The molecule has 100 valence electrons. The van der Waals surface area contributed by atoms with Crippen molar-refractivity contribution in [3.63, 3.8) is 0 Å². The number of hydrogen-bond donors (Lipinski definition) is 2. The quantitative estimate of drug-likeness (QED) is 0.790. The van der Waals surface area contributed by atoms with Crippen LogP contribution in [0.3, 0.4) is 0 Å². The molecule has 0 aliphatic carbocycles. The predicted octanol–water partition coefficient (Wildman–Crippen LogP) is 3.37. The lowest BCUT2D eigenvalue weighted by Gasteiger charge is -2.00. The summed E-state index contributed by atoms with van der Waals surface area (Å²) in [5, 5.41) is 18.9. The summed E-state index contributed by atoms with van der Waals surface area (Å²) in [4.78, 5) is 12.1. The van der Waals surface area contributed by atoms with E-state index in [4.69, 9.17) is 16.3 Å². The summed E-state index contributed by atoms with van der Waals surface area (Å²) < 4.78 is 5.42. The fourth-order valence-corrected chi connectivity index (χ4v) is 2.13. The third-order valence-electron chi connectivity index (χ3n) is 2.92. The highest BCUT2D eigenvalue weighted by atomic mass is 35.5. The van der Waals surface area contributed by atoms with Gasteiger partial charge in [0.2, 0.25) is 5.78 Å². The van der Waals surface area contributed by atoms with Crippen LogP contribution in [-0.4, -0.2) is 16.0 Å². The van der Waals surface area contributed by atoms with Crippen LogP contribution in [0.15, 0.2) is 42.2 Å². The molecule has 1 heterocycles. The molecule has 0 saturated carbocycles. The van der Waals surface area contributed by atoms with Gasteiger partial charge in [0.25, 0.3) is 0 Å². The number of fused-ring (bicyclic) bond motifs is 1. The van der Waals surface area contributed by atoms with E-state index in [9.17, 15) is 15.0 Å². The van der Waals surface area contributed by atoms with Crippen LogP contribution < -0.4 is 4.74 Å². The maximum Gasteiger partial charge on any atom is 0.231 e. The zero-order valence-corrected chi connectivity index (χ0v) is 10.9. The van der Waals surface area contributed by atoms with Crippen LogP contribution in [0.25, 0.3) is 6.08 Å². The van der Waals surface area contributed by atoms with E-state index >= 15 is 0 Å². The van der Waals surface area contributed by atoms with E-state index in [1.807, 2.05) is 0 Å². The van der Waals surface area contributed by atoms with Gasteiger partial charge in [-0.2, -0.15) is 0 Å². The second-order valence-corrected chi connectivity index (χ2v) is 4.74. The SMILES string of the molecule is O=C1C(=Cc2ccc(O)c(Cl)c2)Oc2cc(O)ccc21. The zero-order chi connectivity index (χ0) is 14.3. The van der Waals surface area contributed by atoms with Crippen LogP contribution in [-0.2, 0) is 0 Å². The van der Waals surface area contributed by atoms with Gasteiger partial charge in [0.05, 0.1) is 10.6 Å². The molecule has 2 N–H and O–H groups in total. The average Bonchev–Trinajstić information content (AvgIpc) is 2.70. The van der Waals surface area contributed by atoms with E-state index in [0.717, 1.165) is 0 Å². The Bertz CT molecular complexity index is 750. The monoisotopic (exact) mass is 288 g/mol. The maximum absolute atomic E-state index is 12.1. The molecule has 0 bridgehead atoms. The average molecular weight is 289 g/mol. The van der Waals surface area contributed by atoms with E-state index in [2.05, 4.69) is 0 Å². The van der Waals surface area contributed by atoms with Crippen molar-refractivity contribution in [3.8, 4) is 17.2 Å². The van der Waals surface area contributed by atoms with Gasteiger partial charge in [-0.05, 0) is 35.9 Å². The van der Waals surface area contributed by atoms with Crippen molar-refractivity contribution in [1.82, 2.24) is 0 Å². The number of phenols is 2. The summed E-state index contributed by atoms with van der Waals surface area (Å²) in [7, 11) is 0. The minimum Gasteiger partial charge on any atom is -0.508 e. The van der Waals surface area contributed by atoms with Crippen LogP contribution in [0.4, 0.5) is 0 Å². The Kier molecular flexibility index (Phi) is 2.88. The summed E-state index contributed by atoms with van der Waals surface area (Å²) in [5.41, 5.74) is 1.03. The molecule has 0 unspecified atom stereocenters. The largest absolute Gasteiger partial charge is 0.508 e. The molecule has 20 heavy (non-hydrogen) atoms. The van der Waals surface area contributed by atoms with Crippen LogP contribution >= 0.6 is 11.6 Å². The minimum atomic E-state index is -0.260. The number of benzene rings is 2. The first kappa shape index (κ1) is 12.6. The standard InChI is InChI=1S/C15H9ClO4/c16-11-5-8(1-4-12(11)18)6-14-15(19)10-3-2-9(17)7-13(10)20-14/h1-7,17-18H. The smallest absolute Gasteiger partial charge is 0.231 e. The second-order valence-electron chi connectivity index (χ2n) is 4.33. The number of Topliss-reactive ketones (excluding diaryl/α,β-unsaturated/α-hetero) is 1. The normalized spacial score (nSPS) is 15.2. The van der Waals surface area contributed by atoms with Crippen molar-refractivity contribution in [2.75, 3.05) is 0 Å². The number of carbonyl (C=O) groups is 1. The molecule has 0 saturated heterocycles. The number of rotatable bonds is 1. The Morgan fingerprint density at radius 1 is 1.10 bits per heavy atom. The maximum atomic E-state index is 12.1. The molecule has 1 aliphatic heterocycles. The fraction of sp³-hybridized carbons (Fsp3) is 0. The van der Waals surface area contributed by atoms with Gasteiger partial charge < -0.3 is 14.9 Å². The lowest BCUT2D eigenvalue weighted by Crippen LogP contribution is -1.97. The van der Waals surface area contributed by atoms with E-state index < -0.39 is 0 Å². The third kappa shape index (κ3) is 2.10. The number of carbonyl (C=O) groups excluding carboxylic acids is 1. The molecule has 5 heteroatoms. The number of hydrogen-bond acceptors (Lipinski definition) is 4. The fourth-order valence-electron chi connectivity index (χ4n) is 1.94. The van der Waals surface area contributed by atoms with Gasteiger partial charge in [0.15, 0.2) is 5.76 Å². The van der Waals surface area contributed by atoms with E-state index in [1.165, 1.54) is 36.4 Å². The van der Waals surface area contributed by atoms with Crippen molar-refractivity contribution in [2.45, 2.75) is 0 Å². The lowest BCUT2D eigenvalue weighted by molar-refractivity contribution is 0.101. The first-order chi connectivity index (χ1) is 9.54. The number of allylic oxidation sites excluding steroid dienone is 1. The van der Waals surface area contributed by atoms with Gasteiger partial charge in [0, 0.05) is 6.07 Å². The van der Waals surface area contributed by atoms with Gasteiger partial charge in [0.1, 0.15) is 17.2 Å². The van der Waals surface area contributed by atoms with Crippen molar-refractivity contribution >= 4 is 23.5 Å². The topological polar surface area (TPSA) is 66.8 Å². The summed E-state index contributed by atoms with van der Waals surface area (Å²) in [6.45, 7) is 0. The molecule has 3 rings (SSSR count). The van der Waals surface area contributed by atoms with Gasteiger partial charge in [-0.1, -0.05) is 17.7 Å². The molecule has 2 aromatic rings. The molecule has 0 amide bonds. The van der Waals surface area contributed by atoms with Crippen LogP contribution in [0, 0.1) is 0 Å². The molecule has 0 fully saturated rings. The van der Waals surface area contributed by atoms with Crippen molar-refractivity contribution in [2.24, 2.45) is 0 Å². The number of ether oxygens (including phenoxy) is 1. The highest BCUT2D eigenvalue weighted by Crippen LogP contribution is 2.34. The lowest BCUT2D eigenvalue weighted by atomic mass is 10.1. The predicted molar refractivity (Wildman–Crippen MR) is 74.2 cm³/mol. The molecular weight excluding hydrogens is 280 g/mol. The Labute approximate surface area is 119 Å². The third-order valence-corrected chi connectivity index (χ3v) is 3.23. The summed E-state index contributed by atoms with van der Waals surface area (Å²) >= 11 is 5.81. The zero-order valence-electron chi connectivity index (χ0n) is 10.1. The number of aromatic hydroxyl groups is 2. The van der Waals surface area contributed by atoms with Gasteiger partial charge in [-0.25, -0.2) is 0 Å². The first-order valence-corrected chi connectivity index (χ1v) is 6.18. The number of halogens is 1. The summed E-state index contributed by atoms with van der Waals surface area (Å²) in [5.74, 6) is 0.217. The van der Waals surface area contributed by atoms with Crippen molar-refractivity contribution in [3.05, 3.63) is 58.3 Å². The van der Waals surface area contributed by atoms with E-state index in [0.29, 0.717) is 16.9 Å². The highest BCUT2D eigenvalue weighted by Gasteiger charge is 2.27. The Morgan fingerprint density at radius 3 is 2.65 bits per heavy atom. The molecule has 0 spiro atoms. The van der Waals surface area contributed by atoms with E-state index in [1.54, 1.807) is 6.07 Å². The van der Waals surface area contributed by atoms with Gasteiger partial charge in [-0.3, -0.25) is 4.79 Å².